The van der Waals surface area contributed by atoms with E-state index in [1.54, 1.807) is 0 Å². The van der Waals surface area contributed by atoms with Crippen LogP contribution in [0.5, 0.6) is 5.75 Å². The van der Waals surface area contributed by atoms with Crippen LogP contribution in [0.15, 0.2) is 36.8 Å². The number of imidazole rings is 1. The van der Waals surface area contributed by atoms with Gasteiger partial charge in [-0.2, -0.15) is 0 Å². The van der Waals surface area contributed by atoms with E-state index >= 15 is 0 Å². The molecular formula is C39H60N12O10. The number of amides is 7. The van der Waals surface area contributed by atoms with Crippen LogP contribution in [0.3, 0.4) is 0 Å². The topological polar surface area (TPSA) is 373 Å². The molecule has 0 saturated carbocycles. The molecule has 1 fully saturated rings. The Kier molecular flexibility index (Phi) is 20.0. The van der Waals surface area contributed by atoms with Gasteiger partial charge in [-0.15, -0.1) is 0 Å². The number of phenols is 1. The maximum absolute atomic E-state index is 13.9. The highest BCUT2D eigenvalue weighted by Crippen LogP contribution is 2.20. The number of H-pyrrole nitrogens is 1. The molecule has 0 radical (unpaired) electrons. The fourth-order valence-electron chi connectivity index (χ4n) is 6.74. The van der Waals surface area contributed by atoms with Gasteiger partial charge in [0.15, 0.2) is 0 Å². The Hall–Kier alpha value is -6.13. The van der Waals surface area contributed by atoms with E-state index in [0.29, 0.717) is 56.5 Å². The van der Waals surface area contributed by atoms with Gasteiger partial charge in [0.2, 0.25) is 41.4 Å². The third-order valence-electron chi connectivity index (χ3n) is 10.1. The molecule has 0 unspecified atom stereocenters. The SMILES string of the molecule is C[C@H](NC(=O)[C@H](CCCCN)NC(=O)[C@@H](N)CC(N)=O)C(=O)N1CCC[C@H]1C(=O)N[C@@H](CCCCN)C(=O)N[C@@H](Cc1cnc[nH]1)C(=O)N[C@@H](Cc1ccc(O)cc1)C(=O)O. The second-order valence-corrected chi connectivity index (χ2v) is 15.0. The molecule has 3 rings (SSSR count). The monoisotopic (exact) mass is 856 g/mol. The van der Waals surface area contributed by atoms with E-state index in [0.717, 1.165) is 0 Å². The minimum atomic E-state index is -1.40. The van der Waals surface area contributed by atoms with Gasteiger partial charge in [-0.05, 0) is 89.1 Å². The summed E-state index contributed by atoms with van der Waals surface area (Å²) in [6.45, 7) is 2.24. The Morgan fingerprint density at radius 1 is 0.803 bits per heavy atom. The van der Waals surface area contributed by atoms with Crippen molar-refractivity contribution < 1.29 is 48.6 Å². The molecule has 0 aliphatic carbocycles. The molecule has 0 bridgehead atoms. The van der Waals surface area contributed by atoms with Gasteiger partial charge in [-0.1, -0.05) is 12.1 Å². The zero-order chi connectivity index (χ0) is 45.1. The first-order valence-electron chi connectivity index (χ1n) is 20.3. The number of likely N-dealkylation sites (tertiary alicyclic amines) is 1. The normalized spacial score (nSPS) is 16.5. The molecule has 0 spiro atoms. The number of phenolic OH excluding ortho intramolecular Hbond substituents is 1. The molecule has 16 N–H and O–H groups in total. The van der Waals surface area contributed by atoms with E-state index in [-0.39, 0.29) is 44.4 Å². The smallest absolute Gasteiger partial charge is 0.326 e. The Labute approximate surface area is 353 Å². The van der Waals surface area contributed by atoms with Gasteiger partial charge in [0.1, 0.15) is 42.0 Å². The lowest BCUT2D eigenvalue weighted by Gasteiger charge is -2.30. The quantitative estimate of drug-likeness (QED) is 0.0417. The van der Waals surface area contributed by atoms with Crippen LogP contribution in [-0.2, 0) is 51.2 Å². The van der Waals surface area contributed by atoms with E-state index in [2.05, 4.69) is 36.6 Å². The number of benzene rings is 1. The average molecular weight is 857 g/mol. The molecule has 2 heterocycles. The van der Waals surface area contributed by atoms with Crippen LogP contribution in [0.25, 0.3) is 0 Å². The number of carboxylic acid groups (broad SMARTS) is 1. The summed E-state index contributed by atoms with van der Waals surface area (Å²) in [5.74, 6) is -6.44. The lowest BCUT2D eigenvalue weighted by molar-refractivity contribution is -0.142. The number of primary amides is 1. The first kappa shape index (κ1) is 49.2. The number of aliphatic carboxylic acids is 1. The van der Waals surface area contributed by atoms with Crippen LogP contribution in [0.1, 0.15) is 76.0 Å². The summed E-state index contributed by atoms with van der Waals surface area (Å²) in [6, 6.07) is -2.70. The summed E-state index contributed by atoms with van der Waals surface area (Å²) in [5.41, 5.74) is 23.2. The van der Waals surface area contributed by atoms with Crippen LogP contribution in [0.2, 0.25) is 0 Å². The number of unbranched alkanes of at least 4 members (excludes halogenated alkanes) is 2. The Balaban J connectivity index is 1.74. The van der Waals surface area contributed by atoms with Crippen LogP contribution in [0, 0.1) is 0 Å². The number of hydrogen-bond donors (Lipinski definition) is 12. The summed E-state index contributed by atoms with van der Waals surface area (Å²) in [6.07, 6.45) is 4.99. The van der Waals surface area contributed by atoms with Gasteiger partial charge in [0.05, 0.1) is 18.8 Å². The van der Waals surface area contributed by atoms with Gasteiger partial charge >= 0.3 is 5.97 Å². The van der Waals surface area contributed by atoms with Gasteiger partial charge in [0, 0.05) is 31.3 Å². The van der Waals surface area contributed by atoms with Crippen LogP contribution >= 0.6 is 0 Å². The molecule has 61 heavy (non-hydrogen) atoms. The zero-order valence-corrected chi connectivity index (χ0v) is 34.3. The van der Waals surface area contributed by atoms with Crippen LogP contribution in [0.4, 0.5) is 0 Å². The van der Waals surface area contributed by atoms with Gasteiger partial charge in [-0.25, -0.2) is 9.78 Å². The van der Waals surface area contributed by atoms with Crippen molar-refractivity contribution in [2.75, 3.05) is 19.6 Å². The number of hydrogen-bond acceptors (Lipinski definition) is 13. The van der Waals surface area contributed by atoms with Crippen molar-refractivity contribution in [1.29, 1.82) is 0 Å². The number of nitrogens with two attached hydrogens (primary N) is 4. The predicted molar refractivity (Wildman–Crippen MR) is 219 cm³/mol. The lowest BCUT2D eigenvalue weighted by Crippen LogP contribution is -2.59. The molecule has 1 aliphatic rings. The van der Waals surface area contributed by atoms with Crippen LogP contribution < -0.4 is 49.5 Å². The Morgan fingerprint density at radius 2 is 1.38 bits per heavy atom. The number of aromatic nitrogens is 2. The van der Waals surface area contributed by atoms with Crippen molar-refractivity contribution in [3.63, 3.8) is 0 Å². The predicted octanol–water partition coefficient (Wildman–Crippen LogP) is -3.12. The van der Waals surface area contributed by atoms with Crippen molar-refractivity contribution in [3.8, 4) is 5.75 Å². The molecule has 1 aliphatic heterocycles. The first-order chi connectivity index (χ1) is 29.0. The highest BCUT2D eigenvalue weighted by molar-refractivity contribution is 5.97. The van der Waals surface area contributed by atoms with E-state index in [4.69, 9.17) is 22.9 Å². The van der Waals surface area contributed by atoms with E-state index in [1.165, 1.54) is 48.6 Å². The van der Waals surface area contributed by atoms with Crippen molar-refractivity contribution in [2.24, 2.45) is 22.9 Å². The number of rotatable bonds is 26. The van der Waals surface area contributed by atoms with Crippen molar-refractivity contribution in [2.45, 2.75) is 120 Å². The number of aromatic amines is 1. The van der Waals surface area contributed by atoms with Gasteiger partial charge in [0.25, 0.3) is 0 Å². The fourth-order valence-corrected chi connectivity index (χ4v) is 6.74. The van der Waals surface area contributed by atoms with E-state index in [1.807, 2.05) is 0 Å². The summed E-state index contributed by atoms with van der Waals surface area (Å²) in [4.78, 5) is 113. The number of carbonyl (C=O) groups excluding carboxylic acids is 7. The first-order valence-corrected chi connectivity index (χ1v) is 20.3. The summed E-state index contributed by atoms with van der Waals surface area (Å²) < 4.78 is 0. The molecule has 2 aromatic rings. The minimum absolute atomic E-state index is 0.0187. The summed E-state index contributed by atoms with van der Waals surface area (Å²) in [7, 11) is 0. The largest absolute Gasteiger partial charge is 0.508 e. The standard InChI is InChI=1S/C39H60N12O10/c1-22(46-34(55)27(7-2-4-14-40)47-33(54)26(42)19-32(43)53)38(59)51-16-6-9-31(51)37(58)48-28(8-3-5-15-41)35(56)49-29(18-24-20-44-21-45-24)36(57)50-30(39(60)61)17-23-10-12-25(52)13-11-23/h10-13,20-22,26-31,52H,2-9,14-19,40-42H2,1H3,(H2,43,53)(H,44,45)(H,46,55)(H,47,54)(H,48,58)(H,49,56)(H,50,57)(H,60,61)/t22-,26-,27-,28-,29-,30-,31-/m0/s1. The minimum Gasteiger partial charge on any atom is -0.508 e. The lowest BCUT2D eigenvalue weighted by atomic mass is 10.0. The van der Waals surface area contributed by atoms with Gasteiger partial charge in [-0.3, -0.25) is 33.6 Å². The highest BCUT2D eigenvalue weighted by Gasteiger charge is 2.39. The Morgan fingerprint density at radius 3 is 1.95 bits per heavy atom. The molecule has 22 nitrogen and oxygen atoms in total. The molecule has 1 aromatic carbocycles. The molecule has 1 aromatic heterocycles. The second kappa shape index (κ2) is 24.8. The second-order valence-electron chi connectivity index (χ2n) is 15.0. The summed E-state index contributed by atoms with van der Waals surface area (Å²) >= 11 is 0. The number of carbonyl (C=O) groups is 8. The van der Waals surface area contributed by atoms with Crippen molar-refractivity contribution >= 4 is 47.3 Å². The highest BCUT2D eigenvalue weighted by atomic mass is 16.4. The van der Waals surface area contributed by atoms with Crippen molar-refractivity contribution in [1.82, 2.24) is 41.5 Å². The molecule has 22 heteroatoms. The number of aromatic hydroxyl groups is 1. The van der Waals surface area contributed by atoms with E-state index < -0.39 is 96.0 Å². The maximum Gasteiger partial charge on any atom is 0.326 e. The van der Waals surface area contributed by atoms with Gasteiger partial charge < -0.3 is 69.6 Å². The zero-order valence-electron chi connectivity index (χ0n) is 34.3. The third kappa shape index (κ3) is 16.1. The number of carboxylic acids is 1. The van der Waals surface area contributed by atoms with Crippen molar-refractivity contribution in [3.05, 3.63) is 48.0 Å². The molecule has 1 saturated heterocycles. The third-order valence-corrected chi connectivity index (χ3v) is 10.1. The number of nitrogens with zero attached hydrogens (tertiary/aromatic N) is 2. The molecule has 336 valence electrons. The molecule has 7 amide bonds. The fraction of sp³-hybridized carbons (Fsp3) is 0.564. The molecule has 7 atom stereocenters. The molecular weight excluding hydrogens is 797 g/mol. The van der Waals surface area contributed by atoms with E-state index in [9.17, 15) is 48.6 Å². The number of nitrogens with one attached hydrogen (secondary N) is 6. The Bertz CT molecular complexity index is 1800. The van der Waals surface area contributed by atoms with Crippen LogP contribution in [-0.4, -0.2) is 134 Å². The maximum atomic E-state index is 13.9. The summed E-state index contributed by atoms with van der Waals surface area (Å²) in [5, 5.41) is 32.5. The average Bonchev–Trinajstić information content (AvgIpc) is 3.93.